The lowest BCUT2D eigenvalue weighted by Gasteiger charge is -1.90. The SMILES string of the molecule is Clc1ccc(N=Nc2ncon2)cc1. The zero-order valence-corrected chi connectivity index (χ0v) is 7.72. The summed E-state index contributed by atoms with van der Waals surface area (Å²) in [5.74, 6) is 0.194. The zero-order chi connectivity index (χ0) is 9.80. The van der Waals surface area contributed by atoms with E-state index in [0.29, 0.717) is 10.7 Å². The second kappa shape index (κ2) is 3.97. The van der Waals surface area contributed by atoms with E-state index in [-0.39, 0.29) is 5.95 Å². The van der Waals surface area contributed by atoms with E-state index in [9.17, 15) is 0 Å². The molecular formula is C8H5ClN4O. The average Bonchev–Trinajstić information content (AvgIpc) is 2.70. The van der Waals surface area contributed by atoms with Crippen molar-refractivity contribution in [1.29, 1.82) is 0 Å². The third-order valence-corrected chi connectivity index (χ3v) is 1.68. The molecule has 0 spiro atoms. The highest BCUT2D eigenvalue weighted by Crippen LogP contribution is 2.17. The van der Waals surface area contributed by atoms with Gasteiger partial charge >= 0.3 is 5.95 Å². The molecule has 0 N–H and O–H groups in total. The largest absolute Gasteiger partial charge is 0.341 e. The minimum absolute atomic E-state index is 0.194. The number of azo groups is 1. The minimum atomic E-state index is 0.194. The van der Waals surface area contributed by atoms with E-state index in [2.05, 4.69) is 24.9 Å². The van der Waals surface area contributed by atoms with Crippen molar-refractivity contribution in [1.82, 2.24) is 10.1 Å². The summed E-state index contributed by atoms with van der Waals surface area (Å²) in [5.41, 5.74) is 0.680. The Kier molecular flexibility index (Phi) is 2.51. The summed E-state index contributed by atoms with van der Waals surface area (Å²) in [4.78, 5) is 3.68. The highest BCUT2D eigenvalue weighted by molar-refractivity contribution is 6.30. The Labute approximate surface area is 84.4 Å². The van der Waals surface area contributed by atoms with Crippen LogP contribution in [0, 0.1) is 0 Å². The predicted molar refractivity (Wildman–Crippen MR) is 49.9 cm³/mol. The minimum Gasteiger partial charge on any atom is -0.341 e. The summed E-state index contributed by atoms with van der Waals surface area (Å²) in [6, 6.07) is 6.94. The smallest absolute Gasteiger partial charge is 0.308 e. The van der Waals surface area contributed by atoms with E-state index >= 15 is 0 Å². The van der Waals surface area contributed by atoms with Gasteiger partial charge in [-0.25, -0.2) is 0 Å². The second-order valence-corrected chi connectivity index (χ2v) is 2.84. The molecule has 0 atom stereocenters. The van der Waals surface area contributed by atoms with Gasteiger partial charge in [-0.15, -0.1) is 10.2 Å². The van der Waals surface area contributed by atoms with Crippen molar-refractivity contribution in [3.63, 3.8) is 0 Å². The van der Waals surface area contributed by atoms with Crippen molar-refractivity contribution in [2.24, 2.45) is 10.2 Å². The van der Waals surface area contributed by atoms with Gasteiger partial charge in [0.15, 0.2) is 0 Å². The van der Waals surface area contributed by atoms with Gasteiger partial charge in [-0.05, 0) is 29.4 Å². The van der Waals surface area contributed by atoms with Gasteiger partial charge in [-0.3, -0.25) is 0 Å². The van der Waals surface area contributed by atoms with Gasteiger partial charge in [0.25, 0.3) is 0 Å². The maximum absolute atomic E-state index is 5.70. The molecule has 0 aliphatic carbocycles. The summed E-state index contributed by atoms with van der Waals surface area (Å²) in [5, 5.41) is 11.7. The van der Waals surface area contributed by atoms with Crippen molar-refractivity contribution in [3.05, 3.63) is 35.7 Å². The molecule has 1 aromatic heterocycles. The maximum atomic E-state index is 5.70. The first-order valence-corrected chi connectivity index (χ1v) is 4.16. The van der Waals surface area contributed by atoms with Crippen LogP contribution in [0.3, 0.4) is 0 Å². The van der Waals surface area contributed by atoms with Gasteiger partial charge in [-0.2, -0.15) is 4.98 Å². The number of aromatic nitrogens is 2. The van der Waals surface area contributed by atoms with Crippen LogP contribution in [-0.4, -0.2) is 10.1 Å². The standard InChI is InChI=1S/C8H5ClN4O/c9-6-1-3-7(4-2-6)11-12-8-10-5-14-13-8/h1-5H. The van der Waals surface area contributed by atoms with E-state index in [1.54, 1.807) is 24.3 Å². The van der Waals surface area contributed by atoms with Gasteiger partial charge < -0.3 is 4.52 Å². The van der Waals surface area contributed by atoms with E-state index in [1.165, 1.54) is 6.39 Å². The average molecular weight is 209 g/mol. The van der Waals surface area contributed by atoms with Gasteiger partial charge in [0.1, 0.15) is 0 Å². The van der Waals surface area contributed by atoms with E-state index < -0.39 is 0 Å². The molecule has 0 unspecified atom stereocenters. The van der Waals surface area contributed by atoms with E-state index in [1.807, 2.05) is 0 Å². The Balaban J connectivity index is 2.15. The summed E-state index contributed by atoms with van der Waals surface area (Å²) in [6.07, 6.45) is 1.19. The normalized spacial score (nSPS) is 10.9. The zero-order valence-electron chi connectivity index (χ0n) is 6.96. The number of hydrogen-bond acceptors (Lipinski definition) is 5. The molecule has 0 radical (unpaired) electrons. The number of halogens is 1. The molecule has 1 heterocycles. The summed E-state index contributed by atoms with van der Waals surface area (Å²) in [7, 11) is 0. The molecule has 14 heavy (non-hydrogen) atoms. The van der Waals surface area contributed by atoms with Crippen LogP contribution in [0.25, 0.3) is 0 Å². The summed E-state index contributed by atoms with van der Waals surface area (Å²) < 4.78 is 4.49. The van der Waals surface area contributed by atoms with Gasteiger partial charge in [0, 0.05) is 5.02 Å². The van der Waals surface area contributed by atoms with E-state index in [0.717, 1.165) is 0 Å². The summed E-state index contributed by atoms with van der Waals surface area (Å²) >= 11 is 5.70. The van der Waals surface area contributed by atoms with Crippen molar-refractivity contribution in [3.8, 4) is 0 Å². The molecule has 6 heteroatoms. The van der Waals surface area contributed by atoms with Crippen LogP contribution < -0.4 is 0 Å². The molecule has 0 bridgehead atoms. The quantitative estimate of drug-likeness (QED) is 0.712. The Morgan fingerprint density at radius 2 is 1.93 bits per heavy atom. The fourth-order valence-corrected chi connectivity index (χ4v) is 0.945. The topological polar surface area (TPSA) is 63.6 Å². The second-order valence-electron chi connectivity index (χ2n) is 2.41. The highest BCUT2D eigenvalue weighted by Gasteiger charge is 1.93. The first kappa shape index (κ1) is 8.83. The molecule has 5 nitrogen and oxygen atoms in total. The highest BCUT2D eigenvalue weighted by atomic mass is 35.5. The van der Waals surface area contributed by atoms with Crippen LogP contribution in [0.2, 0.25) is 5.02 Å². The Bertz CT molecular complexity index is 423. The lowest BCUT2D eigenvalue weighted by molar-refractivity contribution is 0.418. The molecule has 2 rings (SSSR count). The Morgan fingerprint density at radius 3 is 2.57 bits per heavy atom. The summed E-state index contributed by atoms with van der Waals surface area (Å²) in [6.45, 7) is 0. The van der Waals surface area contributed by atoms with Gasteiger partial charge in [0.2, 0.25) is 6.39 Å². The maximum Gasteiger partial charge on any atom is 0.308 e. The van der Waals surface area contributed by atoms with Crippen molar-refractivity contribution < 1.29 is 4.52 Å². The third kappa shape index (κ3) is 2.14. The monoisotopic (exact) mass is 208 g/mol. The van der Waals surface area contributed by atoms with Gasteiger partial charge in [0.05, 0.1) is 5.69 Å². The number of nitrogens with zero attached hydrogens (tertiary/aromatic N) is 4. The molecule has 0 saturated carbocycles. The molecule has 0 amide bonds. The lowest BCUT2D eigenvalue weighted by atomic mass is 10.3. The molecule has 0 aliphatic rings. The van der Waals surface area contributed by atoms with Gasteiger partial charge in [-0.1, -0.05) is 11.6 Å². The van der Waals surface area contributed by atoms with Crippen LogP contribution in [0.15, 0.2) is 45.4 Å². The first-order chi connectivity index (χ1) is 6.84. The van der Waals surface area contributed by atoms with Crippen molar-refractivity contribution in [2.75, 3.05) is 0 Å². The fraction of sp³-hybridized carbons (Fsp3) is 0. The first-order valence-electron chi connectivity index (χ1n) is 3.78. The molecule has 70 valence electrons. The van der Waals surface area contributed by atoms with Crippen molar-refractivity contribution >= 4 is 23.2 Å². The molecular weight excluding hydrogens is 204 g/mol. The van der Waals surface area contributed by atoms with Crippen LogP contribution >= 0.6 is 11.6 Å². The molecule has 0 fully saturated rings. The van der Waals surface area contributed by atoms with E-state index in [4.69, 9.17) is 11.6 Å². The van der Waals surface area contributed by atoms with Crippen LogP contribution in [0.4, 0.5) is 11.6 Å². The molecule has 2 aromatic rings. The number of hydrogen-bond donors (Lipinski definition) is 0. The lowest BCUT2D eigenvalue weighted by Crippen LogP contribution is -1.65. The van der Waals surface area contributed by atoms with Crippen LogP contribution in [-0.2, 0) is 0 Å². The van der Waals surface area contributed by atoms with Crippen LogP contribution in [0.5, 0.6) is 0 Å². The number of rotatable bonds is 2. The molecule has 0 saturated heterocycles. The number of benzene rings is 1. The Hall–Kier alpha value is -1.75. The predicted octanol–water partition coefficient (Wildman–Crippen LogP) is 3.14. The molecule has 1 aromatic carbocycles. The van der Waals surface area contributed by atoms with Crippen LogP contribution in [0.1, 0.15) is 0 Å². The fourth-order valence-electron chi connectivity index (χ4n) is 0.819. The van der Waals surface area contributed by atoms with Crippen molar-refractivity contribution in [2.45, 2.75) is 0 Å². The molecule has 0 aliphatic heterocycles. The Morgan fingerprint density at radius 1 is 1.14 bits per heavy atom. The third-order valence-electron chi connectivity index (χ3n) is 1.43.